The van der Waals surface area contributed by atoms with Crippen molar-refractivity contribution in [2.75, 3.05) is 5.75 Å². The summed E-state index contributed by atoms with van der Waals surface area (Å²) in [4.78, 5) is 16.9. The lowest BCUT2D eigenvalue weighted by molar-refractivity contribution is -0.119. The average Bonchev–Trinajstić information content (AvgIpc) is 2.97. The smallest absolute Gasteiger partial charge is 0.230 e. The zero-order valence-electron chi connectivity index (χ0n) is 14.2. The van der Waals surface area contributed by atoms with Gasteiger partial charge in [0.05, 0.1) is 22.8 Å². The van der Waals surface area contributed by atoms with Crippen LogP contribution in [0.15, 0.2) is 53.7 Å². The van der Waals surface area contributed by atoms with Gasteiger partial charge in [-0.05, 0) is 43.7 Å². The van der Waals surface area contributed by atoms with Crippen LogP contribution in [0, 0.1) is 0 Å². The number of imidazole rings is 1. The Kier molecular flexibility index (Phi) is 5.66. The summed E-state index contributed by atoms with van der Waals surface area (Å²) in [6, 6.07) is 15.5. The number of rotatable bonds is 6. The van der Waals surface area contributed by atoms with Crippen LogP contribution in [-0.2, 0) is 11.3 Å². The second-order valence-electron chi connectivity index (χ2n) is 5.76. The molecule has 0 aliphatic carbocycles. The Balaban J connectivity index is 1.64. The maximum Gasteiger partial charge on any atom is 0.230 e. The molecule has 0 unspecified atom stereocenters. The van der Waals surface area contributed by atoms with Crippen molar-refractivity contribution in [1.82, 2.24) is 14.9 Å². The summed E-state index contributed by atoms with van der Waals surface area (Å²) in [6.07, 6.45) is 0. The number of benzene rings is 2. The Labute approximate surface area is 156 Å². The van der Waals surface area contributed by atoms with E-state index in [4.69, 9.17) is 11.6 Å². The van der Waals surface area contributed by atoms with Gasteiger partial charge in [-0.2, -0.15) is 0 Å². The number of carbonyl (C=O) groups excluding carboxylic acids is 1. The number of amides is 1. The Morgan fingerprint density at radius 3 is 2.84 bits per heavy atom. The molecule has 0 saturated carbocycles. The Morgan fingerprint density at radius 1 is 1.28 bits per heavy atom. The Morgan fingerprint density at radius 2 is 2.08 bits per heavy atom. The topological polar surface area (TPSA) is 46.9 Å². The minimum absolute atomic E-state index is 0.0211. The van der Waals surface area contributed by atoms with Gasteiger partial charge < -0.3 is 9.88 Å². The molecule has 130 valence electrons. The second kappa shape index (κ2) is 7.93. The maximum absolute atomic E-state index is 12.3. The molecule has 25 heavy (non-hydrogen) atoms. The van der Waals surface area contributed by atoms with Gasteiger partial charge in [0.15, 0.2) is 5.16 Å². The Hall–Kier alpha value is -1.98. The number of carbonyl (C=O) groups is 1. The number of hydrogen-bond donors (Lipinski definition) is 1. The van der Waals surface area contributed by atoms with Crippen molar-refractivity contribution >= 4 is 40.3 Å². The lowest BCUT2D eigenvalue weighted by Gasteiger charge is -2.14. The van der Waals surface area contributed by atoms with E-state index in [1.54, 1.807) is 0 Å². The van der Waals surface area contributed by atoms with Gasteiger partial charge in [0, 0.05) is 11.6 Å². The normalized spacial score (nSPS) is 12.3. The molecule has 4 nitrogen and oxygen atoms in total. The molecule has 1 heterocycles. The third-order valence-corrected chi connectivity index (χ3v) is 5.21. The van der Waals surface area contributed by atoms with Crippen LogP contribution >= 0.6 is 23.4 Å². The van der Waals surface area contributed by atoms with E-state index in [-0.39, 0.29) is 11.9 Å². The zero-order chi connectivity index (χ0) is 17.8. The quantitative estimate of drug-likeness (QED) is 0.638. The predicted octanol–water partition coefficient (Wildman–Crippen LogP) is 4.68. The minimum atomic E-state index is -0.0863. The number of aryl methyl sites for hydroxylation is 1. The fourth-order valence-corrected chi connectivity index (χ4v) is 3.83. The highest BCUT2D eigenvalue weighted by molar-refractivity contribution is 7.99. The first kappa shape index (κ1) is 17.8. The van der Waals surface area contributed by atoms with E-state index in [0.717, 1.165) is 28.3 Å². The number of aromatic nitrogens is 2. The fraction of sp³-hybridized carbons (Fsp3) is 0.263. The zero-order valence-corrected chi connectivity index (χ0v) is 15.8. The molecule has 1 atom stereocenters. The van der Waals surface area contributed by atoms with Gasteiger partial charge in [0.25, 0.3) is 0 Å². The number of para-hydroxylation sites is 2. The van der Waals surface area contributed by atoms with E-state index in [2.05, 4.69) is 27.9 Å². The number of hydrogen-bond acceptors (Lipinski definition) is 3. The third kappa shape index (κ3) is 4.17. The monoisotopic (exact) mass is 373 g/mol. The largest absolute Gasteiger partial charge is 0.349 e. The molecule has 0 radical (unpaired) electrons. The van der Waals surface area contributed by atoms with Gasteiger partial charge in [0.1, 0.15) is 0 Å². The lowest BCUT2D eigenvalue weighted by Crippen LogP contribution is -2.28. The summed E-state index contributed by atoms with van der Waals surface area (Å²) in [5, 5.41) is 4.55. The molecular formula is C19H20ClN3OS. The average molecular weight is 374 g/mol. The van der Waals surface area contributed by atoms with Crippen LogP contribution in [0.2, 0.25) is 5.02 Å². The van der Waals surface area contributed by atoms with Gasteiger partial charge in [0.2, 0.25) is 5.91 Å². The van der Waals surface area contributed by atoms with E-state index in [1.807, 2.05) is 49.4 Å². The van der Waals surface area contributed by atoms with Crippen LogP contribution in [0.3, 0.4) is 0 Å². The van der Waals surface area contributed by atoms with Gasteiger partial charge in [-0.15, -0.1) is 0 Å². The number of fused-ring (bicyclic) bond motifs is 1. The van der Waals surface area contributed by atoms with Crippen LogP contribution in [-0.4, -0.2) is 21.2 Å². The van der Waals surface area contributed by atoms with Crippen molar-refractivity contribution in [2.45, 2.75) is 31.6 Å². The highest BCUT2D eigenvalue weighted by Gasteiger charge is 2.14. The van der Waals surface area contributed by atoms with Crippen molar-refractivity contribution in [3.63, 3.8) is 0 Å². The number of thioether (sulfide) groups is 1. The van der Waals surface area contributed by atoms with Crippen molar-refractivity contribution < 1.29 is 4.79 Å². The van der Waals surface area contributed by atoms with Gasteiger partial charge in [-0.25, -0.2) is 4.98 Å². The SMILES string of the molecule is CCn1c(SCC(=O)N[C@H](C)c2cccc(Cl)c2)nc2ccccc21. The van der Waals surface area contributed by atoms with Crippen molar-refractivity contribution in [2.24, 2.45) is 0 Å². The summed E-state index contributed by atoms with van der Waals surface area (Å²) >= 11 is 7.47. The molecular weight excluding hydrogens is 354 g/mol. The molecule has 6 heteroatoms. The molecule has 0 aliphatic rings. The highest BCUT2D eigenvalue weighted by Crippen LogP contribution is 2.24. The first-order chi connectivity index (χ1) is 12.1. The van der Waals surface area contributed by atoms with E-state index in [1.165, 1.54) is 11.8 Å². The molecule has 0 saturated heterocycles. The number of nitrogens with one attached hydrogen (secondary N) is 1. The summed E-state index contributed by atoms with van der Waals surface area (Å²) in [6.45, 7) is 4.86. The minimum Gasteiger partial charge on any atom is -0.349 e. The molecule has 3 aromatic rings. The fourth-order valence-electron chi connectivity index (χ4n) is 2.74. The lowest BCUT2D eigenvalue weighted by atomic mass is 10.1. The summed E-state index contributed by atoms with van der Waals surface area (Å²) in [5.74, 6) is 0.306. The second-order valence-corrected chi connectivity index (χ2v) is 7.14. The van der Waals surface area contributed by atoms with Crippen LogP contribution in [0.25, 0.3) is 11.0 Å². The molecule has 0 spiro atoms. The summed E-state index contributed by atoms with van der Waals surface area (Å²) < 4.78 is 2.13. The van der Waals surface area contributed by atoms with Gasteiger partial charge >= 0.3 is 0 Å². The molecule has 0 fully saturated rings. The van der Waals surface area contributed by atoms with Gasteiger partial charge in [-0.3, -0.25) is 4.79 Å². The van der Waals surface area contributed by atoms with E-state index in [9.17, 15) is 4.79 Å². The van der Waals surface area contributed by atoms with Crippen LogP contribution in [0.1, 0.15) is 25.5 Å². The molecule has 1 amide bonds. The maximum atomic E-state index is 12.3. The summed E-state index contributed by atoms with van der Waals surface area (Å²) in [7, 11) is 0. The number of nitrogens with zero attached hydrogens (tertiary/aromatic N) is 2. The van der Waals surface area contributed by atoms with Crippen LogP contribution in [0.4, 0.5) is 0 Å². The van der Waals surface area contributed by atoms with E-state index in [0.29, 0.717) is 10.8 Å². The van der Waals surface area contributed by atoms with Gasteiger partial charge in [-0.1, -0.05) is 47.6 Å². The van der Waals surface area contributed by atoms with Crippen molar-refractivity contribution in [3.8, 4) is 0 Å². The Bertz CT molecular complexity index is 893. The molecule has 3 rings (SSSR count). The highest BCUT2D eigenvalue weighted by atomic mass is 35.5. The van der Waals surface area contributed by atoms with Crippen LogP contribution < -0.4 is 5.32 Å². The standard InChI is InChI=1S/C19H20ClN3OS/c1-3-23-17-10-5-4-9-16(17)22-19(23)25-12-18(24)21-13(2)14-7-6-8-15(20)11-14/h4-11,13H,3,12H2,1-2H3,(H,21,24)/t13-/m1/s1. The predicted molar refractivity (Wildman–Crippen MR) is 104 cm³/mol. The van der Waals surface area contributed by atoms with Crippen molar-refractivity contribution in [1.29, 1.82) is 0 Å². The molecule has 0 aliphatic heterocycles. The van der Waals surface area contributed by atoms with E-state index >= 15 is 0 Å². The first-order valence-electron chi connectivity index (χ1n) is 8.21. The van der Waals surface area contributed by atoms with Crippen molar-refractivity contribution in [3.05, 3.63) is 59.1 Å². The number of halogens is 1. The molecule has 1 N–H and O–H groups in total. The first-order valence-corrected chi connectivity index (χ1v) is 9.57. The van der Waals surface area contributed by atoms with Crippen LogP contribution in [0.5, 0.6) is 0 Å². The molecule has 2 aromatic carbocycles. The third-order valence-electron chi connectivity index (χ3n) is 3.99. The molecule has 0 bridgehead atoms. The summed E-state index contributed by atoms with van der Waals surface area (Å²) in [5.41, 5.74) is 3.05. The van der Waals surface area contributed by atoms with E-state index < -0.39 is 0 Å². The molecule has 1 aromatic heterocycles.